The molecule has 0 atom stereocenters. The Morgan fingerprint density at radius 2 is 1.73 bits per heavy atom. The fraction of sp³-hybridized carbons (Fsp3) is 0.500. The molecule has 0 heterocycles. The summed E-state index contributed by atoms with van der Waals surface area (Å²) >= 11 is 0. The molecule has 0 amide bonds. The fourth-order valence-corrected chi connectivity index (χ4v) is 1.49. The Bertz CT molecular complexity index is 230. The number of hydrogen-bond acceptors (Lipinski definition) is 1. The van der Waals surface area contributed by atoms with Gasteiger partial charge in [-0.05, 0) is 25.0 Å². The first kappa shape index (κ1) is 12.1. The lowest BCUT2D eigenvalue weighted by Crippen LogP contribution is -1.90. The van der Waals surface area contributed by atoms with E-state index in [1.54, 1.807) is 0 Å². The lowest BCUT2D eigenvalue weighted by atomic mass is 10.1. The topological polar surface area (TPSA) is 9.23 Å². The van der Waals surface area contributed by atoms with Crippen LogP contribution in [0.15, 0.2) is 30.3 Å². The fourth-order valence-electron chi connectivity index (χ4n) is 1.49. The molecule has 83 valence electrons. The van der Waals surface area contributed by atoms with E-state index >= 15 is 0 Å². The van der Waals surface area contributed by atoms with Crippen LogP contribution in [0.4, 0.5) is 0 Å². The molecule has 0 aliphatic carbocycles. The summed E-state index contributed by atoms with van der Waals surface area (Å²) in [5.41, 5.74) is 0. The molecule has 1 aromatic carbocycles. The van der Waals surface area contributed by atoms with Crippen molar-refractivity contribution < 1.29 is 4.74 Å². The monoisotopic (exact) mass is 205 g/mol. The Labute approximate surface area is 93.5 Å². The van der Waals surface area contributed by atoms with Crippen LogP contribution in [0.5, 0.6) is 5.75 Å². The molecule has 1 rings (SSSR count). The second-order valence-corrected chi connectivity index (χ2v) is 3.80. The normalized spacial score (nSPS) is 10.2. The summed E-state index contributed by atoms with van der Waals surface area (Å²) in [6.07, 6.45) is 7.65. The quantitative estimate of drug-likeness (QED) is 0.564. The molecule has 0 bridgehead atoms. The van der Waals surface area contributed by atoms with Gasteiger partial charge in [-0.15, -0.1) is 0 Å². The molecule has 0 saturated heterocycles. The molecule has 0 N–H and O–H groups in total. The van der Waals surface area contributed by atoms with Crippen molar-refractivity contribution in [2.24, 2.45) is 0 Å². The van der Waals surface area contributed by atoms with E-state index in [2.05, 4.69) is 6.92 Å². The van der Waals surface area contributed by atoms with Crippen molar-refractivity contribution in [1.29, 1.82) is 0 Å². The number of benzene rings is 1. The van der Waals surface area contributed by atoms with Gasteiger partial charge in [-0.3, -0.25) is 0 Å². The summed E-state index contributed by atoms with van der Waals surface area (Å²) in [5, 5.41) is 0. The highest BCUT2D eigenvalue weighted by Gasteiger charge is 1.93. The van der Waals surface area contributed by atoms with E-state index in [1.807, 2.05) is 36.9 Å². The molecule has 0 aliphatic rings. The summed E-state index contributed by atoms with van der Waals surface area (Å²) < 4.78 is 5.49. The SMILES string of the molecule is CCCCCCC[CH]Oc1ccccc1. The summed E-state index contributed by atoms with van der Waals surface area (Å²) in [7, 11) is 0. The van der Waals surface area contributed by atoms with Gasteiger partial charge in [-0.1, -0.05) is 50.8 Å². The highest BCUT2D eigenvalue weighted by molar-refractivity contribution is 5.21. The molecule has 0 aliphatic heterocycles. The van der Waals surface area contributed by atoms with Crippen molar-refractivity contribution in [2.45, 2.75) is 45.4 Å². The van der Waals surface area contributed by atoms with Crippen LogP contribution in [0, 0.1) is 6.61 Å². The van der Waals surface area contributed by atoms with Gasteiger partial charge in [0.1, 0.15) is 12.4 Å². The van der Waals surface area contributed by atoms with E-state index in [9.17, 15) is 0 Å². The van der Waals surface area contributed by atoms with Gasteiger partial charge in [-0.2, -0.15) is 0 Å². The molecule has 0 saturated carbocycles. The van der Waals surface area contributed by atoms with Gasteiger partial charge in [0.25, 0.3) is 0 Å². The van der Waals surface area contributed by atoms with Crippen LogP contribution in [0.1, 0.15) is 45.4 Å². The predicted molar refractivity (Wildman–Crippen MR) is 64.7 cm³/mol. The number of ether oxygens (including phenoxy) is 1. The van der Waals surface area contributed by atoms with Crippen LogP contribution in [0.2, 0.25) is 0 Å². The Morgan fingerprint density at radius 1 is 1.00 bits per heavy atom. The van der Waals surface area contributed by atoms with Crippen LogP contribution in [0.25, 0.3) is 0 Å². The maximum atomic E-state index is 5.49. The minimum atomic E-state index is 0.936. The summed E-state index contributed by atoms with van der Waals surface area (Å²) in [6.45, 7) is 4.16. The molecule has 0 aromatic heterocycles. The third-order valence-electron chi connectivity index (χ3n) is 2.39. The van der Waals surface area contributed by atoms with Crippen LogP contribution < -0.4 is 4.74 Å². The first-order valence-electron chi connectivity index (χ1n) is 5.97. The smallest absolute Gasteiger partial charge is 0.135 e. The molecule has 1 radical (unpaired) electrons. The molecular weight excluding hydrogens is 184 g/mol. The molecular formula is C14H21O. The van der Waals surface area contributed by atoms with Gasteiger partial charge in [0.15, 0.2) is 0 Å². The summed E-state index contributed by atoms with van der Waals surface area (Å²) in [5.74, 6) is 0.936. The third kappa shape index (κ3) is 6.16. The minimum absolute atomic E-state index is 0.936. The zero-order chi connectivity index (χ0) is 10.8. The molecule has 1 heteroatoms. The summed E-state index contributed by atoms with van der Waals surface area (Å²) in [6, 6.07) is 9.94. The molecule has 0 fully saturated rings. The van der Waals surface area contributed by atoms with Gasteiger partial charge >= 0.3 is 0 Å². The maximum absolute atomic E-state index is 5.49. The van der Waals surface area contributed by atoms with E-state index < -0.39 is 0 Å². The highest BCUT2D eigenvalue weighted by Crippen LogP contribution is 2.12. The van der Waals surface area contributed by atoms with Crippen LogP contribution in [-0.2, 0) is 0 Å². The standard InChI is InChI=1S/C14H21O/c1-2-3-4-5-6-10-13-15-14-11-8-7-9-12-14/h7-9,11-13H,2-6,10H2,1H3. The first-order valence-corrected chi connectivity index (χ1v) is 5.97. The second-order valence-electron chi connectivity index (χ2n) is 3.80. The van der Waals surface area contributed by atoms with Crippen molar-refractivity contribution in [1.82, 2.24) is 0 Å². The molecule has 1 nitrogen and oxygen atoms in total. The van der Waals surface area contributed by atoms with Crippen molar-refractivity contribution in [2.75, 3.05) is 0 Å². The number of para-hydroxylation sites is 1. The number of hydrogen-bond donors (Lipinski definition) is 0. The van der Waals surface area contributed by atoms with Crippen molar-refractivity contribution in [3.63, 3.8) is 0 Å². The number of unbranched alkanes of at least 4 members (excludes halogenated alkanes) is 5. The lowest BCUT2D eigenvalue weighted by Gasteiger charge is -2.04. The van der Waals surface area contributed by atoms with Gasteiger partial charge in [-0.25, -0.2) is 0 Å². The molecule has 15 heavy (non-hydrogen) atoms. The van der Waals surface area contributed by atoms with Crippen molar-refractivity contribution in [3.05, 3.63) is 36.9 Å². The van der Waals surface area contributed by atoms with Crippen LogP contribution in [-0.4, -0.2) is 0 Å². The molecule has 0 spiro atoms. The second kappa shape index (κ2) is 8.34. The Morgan fingerprint density at radius 3 is 2.47 bits per heavy atom. The maximum Gasteiger partial charge on any atom is 0.135 e. The van der Waals surface area contributed by atoms with E-state index in [-0.39, 0.29) is 0 Å². The predicted octanol–water partition coefficient (Wildman–Crippen LogP) is 4.59. The third-order valence-corrected chi connectivity index (χ3v) is 2.39. The molecule has 0 unspecified atom stereocenters. The Hall–Kier alpha value is -0.980. The van der Waals surface area contributed by atoms with Gasteiger partial charge < -0.3 is 4.74 Å². The van der Waals surface area contributed by atoms with Crippen LogP contribution in [0.3, 0.4) is 0 Å². The average molecular weight is 205 g/mol. The van der Waals surface area contributed by atoms with E-state index in [0.717, 1.165) is 12.2 Å². The van der Waals surface area contributed by atoms with E-state index in [0.29, 0.717) is 0 Å². The molecule has 1 aromatic rings. The Kier molecular flexibility index (Phi) is 6.72. The highest BCUT2D eigenvalue weighted by atomic mass is 16.5. The van der Waals surface area contributed by atoms with E-state index in [4.69, 9.17) is 4.74 Å². The van der Waals surface area contributed by atoms with Crippen molar-refractivity contribution in [3.8, 4) is 5.75 Å². The largest absolute Gasteiger partial charge is 0.487 e. The van der Waals surface area contributed by atoms with Gasteiger partial charge in [0.2, 0.25) is 0 Å². The zero-order valence-electron chi connectivity index (χ0n) is 9.61. The first-order chi connectivity index (χ1) is 7.43. The van der Waals surface area contributed by atoms with Crippen LogP contribution >= 0.6 is 0 Å². The average Bonchev–Trinajstić information content (AvgIpc) is 2.29. The van der Waals surface area contributed by atoms with Crippen molar-refractivity contribution >= 4 is 0 Å². The van der Waals surface area contributed by atoms with E-state index in [1.165, 1.54) is 32.1 Å². The summed E-state index contributed by atoms with van der Waals surface area (Å²) in [4.78, 5) is 0. The number of rotatable bonds is 8. The van der Waals surface area contributed by atoms with Gasteiger partial charge in [0.05, 0.1) is 0 Å². The lowest BCUT2D eigenvalue weighted by molar-refractivity contribution is 0.383. The minimum Gasteiger partial charge on any atom is -0.487 e. The zero-order valence-corrected chi connectivity index (χ0v) is 9.61. The van der Waals surface area contributed by atoms with Gasteiger partial charge in [0, 0.05) is 0 Å². The Balaban J connectivity index is 1.93.